The Morgan fingerprint density at radius 2 is 1.97 bits per heavy atom. The minimum atomic E-state index is -0.0436. The van der Waals surface area contributed by atoms with E-state index in [1.807, 2.05) is 55.5 Å². The van der Waals surface area contributed by atoms with Gasteiger partial charge >= 0.3 is 0 Å². The summed E-state index contributed by atoms with van der Waals surface area (Å²) in [7, 11) is 0. The number of halogens is 1. The van der Waals surface area contributed by atoms with Crippen molar-refractivity contribution in [2.75, 3.05) is 13.2 Å². The summed E-state index contributed by atoms with van der Waals surface area (Å²) < 4.78 is 12.3. The number of carbonyl (C=O) groups excluding carboxylic acids is 1. The summed E-state index contributed by atoms with van der Waals surface area (Å²) in [5.41, 5.74) is 1.83. The van der Waals surface area contributed by atoms with Crippen molar-refractivity contribution in [2.24, 2.45) is 5.92 Å². The fourth-order valence-electron chi connectivity index (χ4n) is 2.96. The molecule has 4 nitrogen and oxygen atoms in total. The lowest BCUT2D eigenvalue weighted by Crippen LogP contribution is -2.31. The lowest BCUT2D eigenvalue weighted by atomic mass is 10.1. The minimum Gasteiger partial charge on any atom is -0.490 e. The molecular weight excluding hydrogens is 438 g/mol. The Morgan fingerprint density at radius 1 is 1.17 bits per heavy atom. The average Bonchev–Trinajstić information content (AvgIpc) is 2.95. The molecule has 0 aliphatic carbocycles. The van der Waals surface area contributed by atoms with Crippen molar-refractivity contribution in [1.29, 1.82) is 0 Å². The van der Waals surface area contributed by atoms with Crippen LogP contribution in [0.2, 0.25) is 5.02 Å². The fourth-order valence-corrected chi connectivity index (χ4v) is 4.45. The first-order valence-electron chi connectivity index (χ1n) is 9.76. The number of nitrogens with zero attached hydrogens (tertiary/aromatic N) is 1. The van der Waals surface area contributed by atoms with E-state index in [2.05, 4.69) is 13.8 Å². The molecule has 3 rings (SSSR count). The molecule has 0 aromatic heterocycles. The monoisotopic (exact) mass is 461 g/mol. The third kappa shape index (κ3) is 5.78. The summed E-state index contributed by atoms with van der Waals surface area (Å²) in [5.74, 6) is 1.58. The van der Waals surface area contributed by atoms with E-state index in [-0.39, 0.29) is 5.91 Å². The van der Waals surface area contributed by atoms with Crippen molar-refractivity contribution in [3.63, 3.8) is 0 Å². The number of carbonyl (C=O) groups is 1. The zero-order chi connectivity index (χ0) is 21.7. The third-order valence-corrected chi connectivity index (χ3v) is 5.88. The maximum absolute atomic E-state index is 12.7. The molecule has 158 valence electrons. The van der Waals surface area contributed by atoms with Crippen LogP contribution in [0, 0.1) is 5.92 Å². The minimum absolute atomic E-state index is 0.0436. The second-order valence-corrected chi connectivity index (χ2v) is 9.36. The van der Waals surface area contributed by atoms with Crippen molar-refractivity contribution < 1.29 is 14.3 Å². The highest BCUT2D eigenvalue weighted by Gasteiger charge is 2.32. The highest BCUT2D eigenvalue weighted by molar-refractivity contribution is 8.26. The van der Waals surface area contributed by atoms with E-state index in [0.717, 1.165) is 11.1 Å². The maximum Gasteiger partial charge on any atom is 0.266 e. The molecule has 1 heterocycles. The molecule has 30 heavy (non-hydrogen) atoms. The van der Waals surface area contributed by atoms with Crippen molar-refractivity contribution in [1.82, 2.24) is 4.90 Å². The molecule has 2 aromatic carbocycles. The molecule has 2 aromatic rings. The van der Waals surface area contributed by atoms with Crippen LogP contribution in [0.1, 0.15) is 31.9 Å². The Hall–Kier alpha value is -2.02. The first-order valence-corrected chi connectivity index (χ1v) is 11.4. The van der Waals surface area contributed by atoms with Crippen LogP contribution < -0.4 is 9.47 Å². The summed E-state index contributed by atoms with van der Waals surface area (Å²) in [5, 5.41) is 0.672. The zero-order valence-corrected chi connectivity index (χ0v) is 19.6. The topological polar surface area (TPSA) is 38.8 Å². The zero-order valence-electron chi connectivity index (χ0n) is 17.2. The van der Waals surface area contributed by atoms with Gasteiger partial charge in [0, 0.05) is 11.6 Å². The van der Waals surface area contributed by atoms with E-state index in [4.69, 9.17) is 33.3 Å². The van der Waals surface area contributed by atoms with E-state index in [1.165, 1.54) is 11.8 Å². The molecule has 1 fully saturated rings. The summed E-state index contributed by atoms with van der Waals surface area (Å²) in [6.45, 7) is 7.58. The summed E-state index contributed by atoms with van der Waals surface area (Å²) in [6.07, 6.45) is 1.85. The second-order valence-electron chi connectivity index (χ2n) is 7.24. The number of hydrogen-bond acceptors (Lipinski definition) is 5. The summed E-state index contributed by atoms with van der Waals surface area (Å²) >= 11 is 12.8. The first kappa shape index (κ1) is 22.7. The fraction of sp³-hybridized carbons (Fsp3) is 0.304. The normalized spacial score (nSPS) is 15.4. The average molecular weight is 462 g/mol. The standard InChI is InChI=1S/C23H24ClNO3S2/c1-4-27-20-11-16(12-21-22(26)25(13-15(2)3)23(29)30-21)8-9-19(20)28-14-17-6-5-7-18(24)10-17/h5-12,15H,4,13-14H2,1-3H3/b21-12-. The maximum atomic E-state index is 12.7. The van der Waals surface area contributed by atoms with E-state index in [9.17, 15) is 4.79 Å². The molecule has 0 spiro atoms. The number of amides is 1. The quantitative estimate of drug-likeness (QED) is 0.347. The Labute approximate surface area is 192 Å². The van der Waals surface area contributed by atoms with Gasteiger partial charge in [-0.3, -0.25) is 9.69 Å². The Kier molecular flexibility index (Phi) is 7.81. The van der Waals surface area contributed by atoms with E-state index < -0.39 is 0 Å². The molecule has 0 atom stereocenters. The van der Waals surface area contributed by atoms with Gasteiger partial charge in [0.15, 0.2) is 11.5 Å². The van der Waals surface area contributed by atoms with Gasteiger partial charge in [0.05, 0.1) is 11.5 Å². The molecule has 1 amide bonds. The number of hydrogen-bond donors (Lipinski definition) is 0. The smallest absolute Gasteiger partial charge is 0.266 e. The van der Waals surface area contributed by atoms with Gasteiger partial charge in [-0.2, -0.15) is 0 Å². The Morgan fingerprint density at radius 3 is 2.67 bits per heavy atom. The summed E-state index contributed by atoms with van der Waals surface area (Å²) in [6, 6.07) is 13.2. The molecule has 7 heteroatoms. The summed E-state index contributed by atoms with van der Waals surface area (Å²) in [4.78, 5) is 15.0. The molecule has 0 saturated carbocycles. The highest BCUT2D eigenvalue weighted by atomic mass is 35.5. The van der Waals surface area contributed by atoms with Gasteiger partial charge in [-0.25, -0.2) is 0 Å². The largest absolute Gasteiger partial charge is 0.490 e. The van der Waals surface area contributed by atoms with Gasteiger partial charge in [0.1, 0.15) is 10.9 Å². The van der Waals surface area contributed by atoms with Gasteiger partial charge in [-0.15, -0.1) is 0 Å². The van der Waals surface area contributed by atoms with Gasteiger partial charge in [0.2, 0.25) is 0 Å². The van der Waals surface area contributed by atoms with Crippen LogP contribution in [0.3, 0.4) is 0 Å². The van der Waals surface area contributed by atoms with Crippen molar-refractivity contribution in [3.05, 3.63) is 63.5 Å². The first-order chi connectivity index (χ1) is 14.4. The van der Waals surface area contributed by atoms with Gasteiger partial charge in [-0.05, 0) is 54.3 Å². The van der Waals surface area contributed by atoms with Crippen LogP contribution in [0.25, 0.3) is 6.08 Å². The molecule has 0 radical (unpaired) electrons. The Bertz CT molecular complexity index is 975. The molecule has 0 N–H and O–H groups in total. The van der Waals surface area contributed by atoms with Crippen LogP contribution in [-0.2, 0) is 11.4 Å². The number of thiocarbonyl (C=S) groups is 1. The van der Waals surface area contributed by atoms with Crippen LogP contribution >= 0.6 is 35.6 Å². The second kappa shape index (κ2) is 10.3. The van der Waals surface area contributed by atoms with Crippen LogP contribution in [0.15, 0.2) is 47.4 Å². The van der Waals surface area contributed by atoms with Gasteiger partial charge < -0.3 is 9.47 Å². The SMILES string of the molecule is CCOc1cc(/C=C2\SC(=S)N(CC(C)C)C2=O)ccc1OCc1cccc(Cl)c1. The van der Waals surface area contributed by atoms with Crippen molar-refractivity contribution in [2.45, 2.75) is 27.4 Å². The van der Waals surface area contributed by atoms with Crippen molar-refractivity contribution in [3.8, 4) is 11.5 Å². The molecule has 1 aliphatic rings. The number of ether oxygens (including phenoxy) is 2. The Balaban J connectivity index is 1.78. The number of benzene rings is 2. The van der Waals surface area contributed by atoms with Crippen LogP contribution in [0.5, 0.6) is 11.5 Å². The third-order valence-electron chi connectivity index (χ3n) is 4.27. The molecule has 0 unspecified atom stereocenters. The number of rotatable bonds is 8. The van der Waals surface area contributed by atoms with E-state index >= 15 is 0 Å². The van der Waals surface area contributed by atoms with Gasteiger partial charge in [0.25, 0.3) is 5.91 Å². The van der Waals surface area contributed by atoms with Gasteiger partial charge in [-0.1, -0.05) is 67.6 Å². The number of thioether (sulfide) groups is 1. The lowest BCUT2D eigenvalue weighted by Gasteiger charge is -2.16. The molecule has 1 aliphatic heterocycles. The van der Waals surface area contributed by atoms with Crippen LogP contribution in [0.4, 0.5) is 0 Å². The van der Waals surface area contributed by atoms with Crippen molar-refractivity contribution >= 4 is 51.9 Å². The highest BCUT2D eigenvalue weighted by Crippen LogP contribution is 2.35. The predicted octanol–water partition coefficient (Wildman–Crippen LogP) is 6.17. The molecule has 0 bridgehead atoms. The molecule has 1 saturated heterocycles. The van der Waals surface area contributed by atoms with E-state index in [1.54, 1.807) is 4.90 Å². The predicted molar refractivity (Wildman–Crippen MR) is 128 cm³/mol. The lowest BCUT2D eigenvalue weighted by molar-refractivity contribution is -0.122. The van der Waals surface area contributed by atoms with E-state index in [0.29, 0.717) is 51.4 Å². The molecular formula is C23H24ClNO3S2. The van der Waals surface area contributed by atoms with Crippen LogP contribution in [-0.4, -0.2) is 28.3 Å².